The lowest BCUT2D eigenvalue weighted by atomic mass is 9.70. The molecule has 0 bridgehead atoms. The molecule has 1 saturated heterocycles. The van der Waals surface area contributed by atoms with Crippen molar-refractivity contribution in [3.63, 3.8) is 0 Å². The second-order valence-electron chi connectivity index (χ2n) is 10.8. The first kappa shape index (κ1) is 23.2. The zero-order chi connectivity index (χ0) is 22.8. The first-order valence-electron chi connectivity index (χ1n) is 13.2. The predicted octanol–water partition coefficient (Wildman–Crippen LogP) is 7.79. The molecule has 2 atom stereocenters. The highest BCUT2D eigenvalue weighted by molar-refractivity contribution is 5.67. The Hall–Kier alpha value is -1.52. The largest absolute Gasteiger partial charge is 0.378 e. The molecule has 1 aliphatic heterocycles. The van der Waals surface area contributed by atoms with E-state index in [1.54, 1.807) is 12.1 Å². The van der Waals surface area contributed by atoms with E-state index in [0.29, 0.717) is 29.8 Å². The van der Waals surface area contributed by atoms with Gasteiger partial charge in [0.25, 0.3) is 0 Å². The molecule has 2 unspecified atom stereocenters. The van der Waals surface area contributed by atoms with Gasteiger partial charge in [-0.05, 0) is 99.9 Å². The van der Waals surface area contributed by atoms with Crippen LogP contribution >= 0.6 is 0 Å². The molecule has 0 radical (unpaired) electrons. The molecular weight excluding hydrogens is 418 g/mol. The molecule has 0 aromatic heterocycles. The zero-order valence-corrected chi connectivity index (χ0v) is 19.7. The number of hydrogen-bond acceptors (Lipinski definition) is 2. The van der Waals surface area contributed by atoms with E-state index in [1.165, 1.54) is 51.4 Å². The predicted molar refractivity (Wildman–Crippen MR) is 128 cm³/mol. The Morgan fingerprint density at radius 2 is 1.64 bits per heavy atom. The van der Waals surface area contributed by atoms with Crippen molar-refractivity contribution >= 4 is 5.57 Å². The molecule has 4 aliphatic rings. The first-order valence-corrected chi connectivity index (χ1v) is 13.2. The van der Waals surface area contributed by atoms with Gasteiger partial charge in [-0.1, -0.05) is 24.3 Å². The third-order valence-electron chi connectivity index (χ3n) is 8.76. The molecule has 0 N–H and O–H groups in total. The van der Waals surface area contributed by atoms with Crippen LogP contribution in [-0.4, -0.2) is 19.3 Å². The van der Waals surface area contributed by atoms with Gasteiger partial charge in [-0.2, -0.15) is 0 Å². The molecule has 1 aromatic rings. The molecule has 0 amide bonds. The number of allylic oxidation sites excluding steroid dienone is 3. The van der Waals surface area contributed by atoms with Gasteiger partial charge in [0.1, 0.15) is 6.10 Å². The summed E-state index contributed by atoms with van der Waals surface area (Å²) in [5.74, 6) is 1.57. The van der Waals surface area contributed by atoms with E-state index in [9.17, 15) is 8.78 Å². The molecule has 33 heavy (non-hydrogen) atoms. The molecule has 5 rings (SSSR count). The van der Waals surface area contributed by atoms with Crippen molar-refractivity contribution in [2.24, 2.45) is 23.7 Å². The molecule has 1 heterocycles. The Bertz CT molecular complexity index is 859. The van der Waals surface area contributed by atoms with Gasteiger partial charge in [-0.3, -0.25) is 0 Å². The molecular formula is C29H38F2O2. The Morgan fingerprint density at radius 3 is 2.24 bits per heavy atom. The lowest BCUT2D eigenvalue weighted by Crippen LogP contribution is -2.29. The van der Waals surface area contributed by atoms with Crippen LogP contribution in [0.5, 0.6) is 0 Å². The van der Waals surface area contributed by atoms with Crippen LogP contribution in [0.1, 0.15) is 87.9 Å². The molecule has 1 aromatic carbocycles. The second-order valence-corrected chi connectivity index (χ2v) is 10.8. The lowest BCUT2D eigenvalue weighted by Gasteiger charge is -2.37. The van der Waals surface area contributed by atoms with Crippen molar-refractivity contribution in [2.75, 3.05) is 13.2 Å². The minimum Gasteiger partial charge on any atom is -0.378 e. The molecule has 3 aliphatic carbocycles. The third kappa shape index (κ3) is 5.43. The number of ether oxygens (including phenoxy) is 2. The summed E-state index contributed by atoms with van der Waals surface area (Å²) in [4.78, 5) is 0. The Morgan fingerprint density at radius 1 is 0.939 bits per heavy atom. The lowest BCUT2D eigenvalue weighted by molar-refractivity contribution is -0.0100. The van der Waals surface area contributed by atoms with Crippen molar-refractivity contribution in [2.45, 2.75) is 82.8 Å². The van der Waals surface area contributed by atoms with Crippen molar-refractivity contribution < 1.29 is 18.3 Å². The van der Waals surface area contributed by atoms with E-state index in [2.05, 4.69) is 18.7 Å². The number of hydrogen-bond donors (Lipinski definition) is 0. The quantitative estimate of drug-likeness (QED) is 0.308. The van der Waals surface area contributed by atoms with Gasteiger partial charge in [0.15, 0.2) is 11.6 Å². The van der Waals surface area contributed by atoms with Crippen LogP contribution in [-0.2, 0) is 9.47 Å². The summed E-state index contributed by atoms with van der Waals surface area (Å²) in [5.41, 5.74) is 1.69. The molecule has 0 spiro atoms. The summed E-state index contributed by atoms with van der Waals surface area (Å²) in [7, 11) is 0. The minimum atomic E-state index is -0.745. The van der Waals surface area contributed by atoms with Crippen molar-refractivity contribution in [1.29, 1.82) is 0 Å². The van der Waals surface area contributed by atoms with Gasteiger partial charge in [-0.25, -0.2) is 8.78 Å². The van der Waals surface area contributed by atoms with Crippen LogP contribution in [0.15, 0.2) is 30.9 Å². The fourth-order valence-corrected chi connectivity index (χ4v) is 6.42. The van der Waals surface area contributed by atoms with E-state index in [1.807, 2.05) is 0 Å². The summed E-state index contributed by atoms with van der Waals surface area (Å²) >= 11 is 0. The van der Waals surface area contributed by atoms with E-state index in [4.69, 9.17) is 9.47 Å². The normalized spacial score (nSPS) is 34.5. The van der Waals surface area contributed by atoms with Crippen molar-refractivity contribution in [1.82, 2.24) is 0 Å². The van der Waals surface area contributed by atoms with E-state index in [-0.39, 0.29) is 6.10 Å². The zero-order valence-electron chi connectivity index (χ0n) is 19.7. The van der Waals surface area contributed by atoms with Crippen molar-refractivity contribution in [3.8, 4) is 0 Å². The molecule has 180 valence electrons. The van der Waals surface area contributed by atoms with Crippen LogP contribution in [0.3, 0.4) is 0 Å². The fourth-order valence-electron chi connectivity index (χ4n) is 6.42. The molecule has 2 nitrogen and oxygen atoms in total. The monoisotopic (exact) mass is 456 g/mol. The van der Waals surface area contributed by atoms with Gasteiger partial charge in [-0.15, -0.1) is 6.58 Å². The second kappa shape index (κ2) is 10.4. The van der Waals surface area contributed by atoms with Crippen LogP contribution in [0.2, 0.25) is 0 Å². The highest BCUT2D eigenvalue weighted by Crippen LogP contribution is 2.41. The van der Waals surface area contributed by atoms with Gasteiger partial charge in [0.2, 0.25) is 0 Å². The highest BCUT2D eigenvalue weighted by Gasteiger charge is 2.32. The molecule has 4 heteroatoms. The topological polar surface area (TPSA) is 21.8 Å². The van der Waals surface area contributed by atoms with Gasteiger partial charge < -0.3 is 9.47 Å². The van der Waals surface area contributed by atoms with Crippen LogP contribution in [0.25, 0.3) is 5.57 Å². The summed E-state index contributed by atoms with van der Waals surface area (Å²) in [6, 6.07) is 3.41. The number of epoxide rings is 1. The minimum absolute atomic E-state index is 0.266. The first-order chi connectivity index (χ1) is 16.1. The van der Waals surface area contributed by atoms with Crippen LogP contribution in [0.4, 0.5) is 8.78 Å². The summed E-state index contributed by atoms with van der Waals surface area (Å²) in [6.45, 7) is 5.25. The van der Waals surface area contributed by atoms with E-state index < -0.39 is 11.6 Å². The number of rotatable bonds is 7. The number of benzene rings is 1. The Balaban J connectivity index is 1.06. The van der Waals surface area contributed by atoms with Gasteiger partial charge in [0.05, 0.1) is 19.3 Å². The summed E-state index contributed by atoms with van der Waals surface area (Å²) in [5, 5.41) is 0. The third-order valence-corrected chi connectivity index (χ3v) is 8.76. The smallest absolute Gasteiger partial charge is 0.166 e. The van der Waals surface area contributed by atoms with Gasteiger partial charge in [0, 0.05) is 11.1 Å². The average Bonchev–Trinajstić information content (AvgIpc) is 3.71. The summed E-state index contributed by atoms with van der Waals surface area (Å²) < 4.78 is 40.5. The van der Waals surface area contributed by atoms with Crippen LogP contribution in [0, 0.1) is 35.3 Å². The Kier molecular flexibility index (Phi) is 7.32. The fraction of sp³-hybridized carbons (Fsp3) is 0.655. The summed E-state index contributed by atoms with van der Waals surface area (Å²) in [6.07, 6.45) is 17.5. The standard InChI is InChI=1S/C29H38F2O2/c1-2-19-3-7-21(8-4-19)22-11-13-24(14-12-22)32-17-20-5-9-23(10-6-20)25-15-16-26(27-18-33-27)29(31)28(25)30/h2,9,15-16,19-22,24,27H,1,3-8,10-14,17-18H2. The van der Waals surface area contributed by atoms with Gasteiger partial charge >= 0.3 is 0 Å². The van der Waals surface area contributed by atoms with E-state index in [0.717, 1.165) is 49.2 Å². The maximum absolute atomic E-state index is 14.6. The highest BCUT2D eigenvalue weighted by atomic mass is 19.2. The Labute approximate surface area is 197 Å². The SMILES string of the molecule is C=CC1CCC(C2CCC(OCC3CC=C(c4ccc(C5CO5)c(F)c4F)CC3)CC2)CC1. The molecule has 2 saturated carbocycles. The number of halogens is 2. The average molecular weight is 457 g/mol. The maximum Gasteiger partial charge on any atom is 0.166 e. The maximum atomic E-state index is 14.6. The van der Waals surface area contributed by atoms with Crippen molar-refractivity contribution in [3.05, 3.63) is 53.6 Å². The van der Waals surface area contributed by atoms with E-state index >= 15 is 0 Å². The van der Waals surface area contributed by atoms with Crippen LogP contribution < -0.4 is 0 Å². The molecule has 3 fully saturated rings.